The fraction of sp³-hybridized carbons (Fsp3) is 0.407. The van der Waals surface area contributed by atoms with Gasteiger partial charge in [0, 0.05) is 43.4 Å². The Kier molecular flexibility index (Phi) is 7.51. The lowest BCUT2D eigenvalue weighted by Gasteiger charge is -2.22. The van der Waals surface area contributed by atoms with E-state index in [0.717, 1.165) is 0 Å². The number of hydrogen-bond donors (Lipinski definition) is 2. The number of carbonyl (C=O) groups is 1. The van der Waals surface area contributed by atoms with Crippen LogP contribution in [0.3, 0.4) is 0 Å². The molecule has 0 aliphatic carbocycles. The predicted molar refractivity (Wildman–Crippen MR) is 143 cm³/mol. The Hall–Kier alpha value is -4.33. The summed E-state index contributed by atoms with van der Waals surface area (Å²) in [6.07, 6.45) is 0.324. The van der Waals surface area contributed by atoms with Crippen LogP contribution in [0.2, 0.25) is 0 Å². The molecule has 216 valence electrons. The van der Waals surface area contributed by atoms with Crippen molar-refractivity contribution in [3.8, 4) is 11.4 Å². The zero-order valence-corrected chi connectivity index (χ0v) is 23.0. The molecule has 1 atom stereocenters. The summed E-state index contributed by atoms with van der Waals surface area (Å²) in [5.41, 5.74) is 1.67. The topological polar surface area (TPSA) is 127 Å². The number of hydrogen-bond acceptors (Lipinski definition) is 9. The van der Waals surface area contributed by atoms with Crippen molar-refractivity contribution in [1.29, 1.82) is 0 Å². The molecule has 14 heteroatoms. The van der Waals surface area contributed by atoms with Crippen molar-refractivity contribution >= 4 is 17.7 Å². The number of aryl methyl sites for hydroxylation is 1. The highest BCUT2D eigenvalue weighted by atomic mass is 19.4. The van der Waals surface area contributed by atoms with Crippen molar-refractivity contribution in [3.05, 3.63) is 65.8 Å². The largest absolute Gasteiger partial charge is 0.448 e. The summed E-state index contributed by atoms with van der Waals surface area (Å²) in [7, 11) is 1.78. The molecule has 2 N–H and O–H groups in total. The molecule has 0 saturated heterocycles. The molecule has 1 aliphatic rings. The van der Waals surface area contributed by atoms with Crippen LogP contribution in [0, 0.1) is 0 Å². The third-order valence-corrected chi connectivity index (χ3v) is 6.52. The number of fused-ring (bicyclic) bond motifs is 1. The van der Waals surface area contributed by atoms with Gasteiger partial charge in [0.05, 0.1) is 12.6 Å². The zero-order chi connectivity index (χ0) is 29.4. The number of nitrogens with zero attached hydrogens (tertiary/aromatic N) is 7. The predicted octanol–water partition coefficient (Wildman–Crippen LogP) is 4.54. The number of aromatic nitrogens is 6. The molecule has 5 rings (SSSR count). The third kappa shape index (κ3) is 6.88. The van der Waals surface area contributed by atoms with Crippen LogP contribution in [0.4, 0.5) is 24.9 Å². The minimum absolute atomic E-state index is 0.0390. The molecule has 3 aromatic heterocycles. The molecule has 0 unspecified atom stereocenters. The minimum atomic E-state index is -4.37. The summed E-state index contributed by atoms with van der Waals surface area (Å²) in [5.74, 6) is 1.12. The summed E-state index contributed by atoms with van der Waals surface area (Å²) in [5, 5.41) is 10.2. The monoisotopic (exact) mass is 569 g/mol. The first-order valence-electron chi connectivity index (χ1n) is 13.0. The van der Waals surface area contributed by atoms with Crippen molar-refractivity contribution < 1.29 is 22.4 Å². The number of rotatable bonds is 6. The Morgan fingerprint density at radius 2 is 1.95 bits per heavy atom. The van der Waals surface area contributed by atoms with Crippen molar-refractivity contribution in [3.63, 3.8) is 0 Å². The van der Waals surface area contributed by atoms with Gasteiger partial charge in [-0.25, -0.2) is 15.0 Å². The van der Waals surface area contributed by atoms with Crippen LogP contribution in [0.5, 0.6) is 0 Å². The molecule has 1 aliphatic heterocycles. The Morgan fingerprint density at radius 3 is 2.63 bits per heavy atom. The molecule has 11 nitrogen and oxygen atoms in total. The van der Waals surface area contributed by atoms with Crippen molar-refractivity contribution in [1.82, 2.24) is 39.9 Å². The molecule has 1 aromatic carbocycles. The van der Waals surface area contributed by atoms with Gasteiger partial charge in [0.1, 0.15) is 12.6 Å². The highest BCUT2D eigenvalue weighted by molar-refractivity contribution is 5.92. The van der Waals surface area contributed by atoms with Gasteiger partial charge in [-0.2, -0.15) is 23.3 Å². The van der Waals surface area contributed by atoms with Crippen LogP contribution in [-0.4, -0.2) is 59.8 Å². The van der Waals surface area contributed by atoms with E-state index >= 15 is 0 Å². The van der Waals surface area contributed by atoms with E-state index in [1.165, 1.54) is 17.5 Å². The van der Waals surface area contributed by atoms with Crippen molar-refractivity contribution in [2.45, 2.75) is 51.4 Å². The van der Waals surface area contributed by atoms with Gasteiger partial charge in [0.25, 0.3) is 5.91 Å². The van der Waals surface area contributed by atoms with Crippen molar-refractivity contribution in [2.24, 2.45) is 7.05 Å². The van der Waals surface area contributed by atoms with Gasteiger partial charge in [0.2, 0.25) is 5.95 Å². The number of carbonyl (C=O) groups excluding carboxylic acids is 1. The molecule has 0 saturated carbocycles. The molecule has 0 bridgehead atoms. The molecule has 4 heterocycles. The quantitative estimate of drug-likeness (QED) is 0.344. The lowest BCUT2D eigenvalue weighted by atomic mass is 9.96. The number of amides is 1. The highest BCUT2D eigenvalue weighted by Gasteiger charge is 2.34. The maximum Gasteiger partial charge on any atom is 0.401 e. The summed E-state index contributed by atoms with van der Waals surface area (Å²) >= 11 is 0. The second kappa shape index (κ2) is 10.9. The lowest BCUT2D eigenvalue weighted by molar-refractivity contribution is -0.147. The molecule has 0 fully saturated rings. The lowest BCUT2D eigenvalue weighted by Crippen LogP contribution is -2.35. The summed E-state index contributed by atoms with van der Waals surface area (Å²) < 4.78 is 47.2. The number of anilines is 2. The van der Waals surface area contributed by atoms with Crippen LogP contribution < -0.4 is 10.6 Å². The van der Waals surface area contributed by atoms with Crippen molar-refractivity contribution in [2.75, 3.05) is 18.4 Å². The van der Waals surface area contributed by atoms with E-state index in [1.807, 2.05) is 20.8 Å². The van der Waals surface area contributed by atoms with Crippen LogP contribution >= 0.6 is 0 Å². The Morgan fingerprint density at radius 1 is 1.15 bits per heavy atom. The van der Waals surface area contributed by atoms with E-state index in [0.29, 0.717) is 34.2 Å². The van der Waals surface area contributed by atoms with E-state index in [9.17, 15) is 18.0 Å². The first-order valence-corrected chi connectivity index (χ1v) is 13.0. The van der Waals surface area contributed by atoms with E-state index in [-0.39, 0.29) is 36.6 Å². The first-order chi connectivity index (χ1) is 19.3. The number of alkyl halides is 3. The Bertz CT molecular complexity index is 1540. The number of nitrogens with one attached hydrogen (secondary N) is 2. The Balaban J connectivity index is 1.43. The second-order valence-electron chi connectivity index (χ2n) is 11.0. The third-order valence-electron chi connectivity index (χ3n) is 6.52. The highest BCUT2D eigenvalue weighted by Crippen LogP contribution is 2.32. The summed E-state index contributed by atoms with van der Waals surface area (Å²) in [4.78, 5) is 31.6. The van der Waals surface area contributed by atoms with E-state index in [1.54, 1.807) is 42.2 Å². The number of halogens is 3. The van der Waals surface area contributed by atoms with Gasteiger partial charge in [-0.3, -0.25) is 14.4 Å². The minimum Gasteiger partial charge on any atom is -0.448 e. The molecule has 4 aromatic rings. The standard InChI is InChI=1S/C27H30F3N9O2/c1-26(2,3)24-34-20(13-41-24)23(40)33-19-7-10-39(14-27(28,29)30)12-17-11-16(5-6-18(17)19)22-31-15-32-25(36-22)35-21-8-9-38(4)37-21/h5-6,8-9,11,13,15,19H,7,10,12,14H2,1-4H3,(H,33,40)(H,31,32,35,36,37)/t19-/m1/s1. The van der Waals surface area contributed by atoms with Gasteiger partial charge >= 0.3 is 6.18 Å². The van der Waals surface area contributed by atoms with Gasteiger partial charge in [-0.1, -0.05) is 32.9 Å². The molecule has 1 amide bonds. The Labute approximate surface area is 234 Å². The smallest absolute Gasteiger partial charge is 0.401 e. The first kappa shape index (κ1) is 28.2. The normalized spacial score (nSPS) is 16.2. The van der Waals surface area contributed by atoms with Crippen LogP contribution in [0.25, 0.3) is 11.4 Å². The van der Waals surface area contributed by atoms with Crippen LogP contribution in [0.1, 0.15) is 60.7 Å². The van der Waals surface area contributed by atoms with E-state index in [2.05, 4.69) is 35.7 Å². The maximum atomic E-state index is 13.4. The van der Waals surface area contributed by atoms with Crippen LogP contribution in [-0.2, 0) is 19.0 Å². The van der Waals surface area contributed by atoms with E-state index in [4.69, 9.17) is 4.42 Å². The summed E-state index contributed by atoms with van der Waals surface area (Å²) in [6.45, 7) is 4.85. The number of benzene rings is 1. The average molecular weight is 570 g/mol. The fourth-order valence-electron chi connectivity index (χ4n) is 4.59. The van der Waals surface area contributed by atoms with Gasteiger partial charge in [-0.15, -0.1) is 0 Å². The molecule has 41 heavy (non-hydrogen) atoms. The van der Waals surface area contributed by atoms with Gasteiger partial charge < -0.3 is 15.1 Å². The van der Waals surface area contributed by atoms with E-state index < -0.39 is 24.7 Å². The molecule has 0 spiro atoms. The number of oxazole rings is 1. The zero-order valence-electron chi connectivity index (χ0n) is 23.0. The fourth-order valence-corrected chi connectivity index (χ4v) is 4.59. The summed E-state index contributed by atoms with van der Waals surface area (Å²) in [6, 6.07) is 6.56. The second-order valence-corrected chi connectivity index (χ2v) is 11.0. The maximum absolute atomic E-state index is 13.4. The van der Waals surface area contributed by atoms with Gasteiger partial charge in [-0.05, 0) is 23.6 Å². The van der Waals surface area contributed by atoms with Crippen LogP contribution in [0.15, 0.2) is 47.5 Å². The van der Waals surface area contributed by atoms with Gasteiger partial charge in [0.15, 0.2) is 23.2 Å². The average Bonchev–Trinajstić information content (AvgIpc) is 3.52. The molecular formula is C27H30F3N9O2. The molecule has 0 radical (unpaired) electrons. The SMILES string of the molecule is Cn1ccc(Nc2ncnc(-c3ccc4c(c3)CN(CC(F)(F)F)CC[C@H]4NC(=O)c3coc(C(C)(C)C)n3)n2)n1. The molecular weight excluding hydrogens is 539 g/mol.